The molecule has 1 amide bonds. The Kier molecular flexibility index (Phi) is 3.42. The largest absolute Gasteiger partial charge is 0.343 e. The zero-order valence-corrected chi connectivity index (χ0v) is 12.8. The molecular weight excluding hydrogens is 310 g/mol. The number of sulfone groups is 1. The lowest BCUT2D eigenvalue weighted by molar-refractivity contribution is 0.0943. The van der Waals surface area contributed by atoms with Crippen molar-refractivity contribution in [3.05, 3.63) is 46.6 Å². The molecule has 110 valence electrons. The van der Waals surface area contributed by atoms with Crippen molar-refractivity contribution < 1.29 is 13.2 Å². The molecule has 2 aromatic heterocycles. The summed E-state index contributed by atoms with van der Waals surface area (Å²) in [5.41, 5.74) is 0.335. The van der Waals surface area contributed by atoms with E-state index in [2.05, 4.69) is 10.3 Å². The SMILES string of the molecule is Cc1sc(-n2cccc2)nc1C(=O)N[C@@H]1C=CS(=O)(=O)C1. The molecule has 8 heteroatoms. The van der Waals surface area contributed by atoms with E-state index in [-0.39, 0.29) is 11.7 Å². The van der Waals surface area contributed by atoms with Crippen molar-refractivity contribution in [3.8, 4) is 5.13 Å². The molecule has 2 aromatic rings. The predicted molar refractivity (Wildman–Crippen MR) is 80.4 cm³/mol. The van der Waals surface area contributed by atoms with Crippen LogP contribution >= 0.6 is 11.3 Å². The van der Waals surface area contributed by atoms with E-state index >= 15 is 0 Å². The zero-order chi connectivity index (χ0) is 15.0. The van der Waals surface area contributed by atoms with E-state index in [0.29, 0.717) is 10.8 Å². The first-order chi connectivity index (χ1) is 9.94. The highest BCUT2D eigenvalue weighted by Gasteiger charge is 2.25. The van der Waals surface area contributed by atoms with Crippen LogP contribution in [0.3, 0.4) is 0 Å². The fraction of sp³-hybridized carbons (Fsp3) is 0.231. The van der Waals surface area contributed by atoms with Gasteiger partial charge in [-0.3, -0.25) is 4.79 Å². The molecule has 3 heterocycles. The number of hydrogen-bond donors (Lipinski definition) is 1. The summed E-state index contributed by atoms with van der Waals surface area (Å²) in [4.78, 5) is 17.3. The summed E-state index contributed by atoms with van der Waals surface area (Å²) in [6.07, 6.45) is 5.19. The maximum Gasteiger partial charge on any atom is 0.271 e. The van der Waals surface area contributed by atoms with Gasteiger partial charge in [0.2, 0.25) is 0 Å². The second kappa shape index (κ2) is 5.12. The van der Waals surface area contributed by atoms with Crippen LogP contribution in [-0.4, -0.2) is 35.7 Å². The molecule has 6 nitrogen and oxygen atoms in total. The lowest BCUT2D eigenvalue weighted by Crippen LogP contribution is -2.36. The molecule has 0 unspecified atom stereocenters. The van der Waals surface area contributed by atoms with Crippen molar-refractivity contribution in [3.63, 3.8) is 0 Å². The smallest absolute Gasteiger partial charge is 0.271 e. The number of nitrogens with one attached hydrogen (secondary N) is 1. The molecule has 0 fully saturated rings. The molecule has 0 aliphatic carbocycles. The molecule has 0 saturated carbocycles. The summed E-state index contributed by atoms with van der Waals surface area (Å²) in [5, 5.41) is 4.52. The van der Waals surface area contributed by atoms with Gasteiger partial charge in [0.25, 0.3) is 5.91 Å². The Morgan fingerprint density at radius 1 is 1.43 bits per heavy atom. The van der Waals surface area contributed by atoms with Crippen molar-refractivity contribution in [2.75, 3.05) is 5.75 Å². The van der Waals surface area contributed by atoms with Gasteiger partial charge in [-0.1, -0.05) is 0 Å². The molecule has 0 aromatic carbocycles. The summed E-state index contributed by atoms with van der Waals surface area (Å²) < 4.78 is 24.5. The number of carbonyl (C=O) groups is 1. The quantitative estimate of drug-likeness (QED) is 0.922. The standard InChI is InChI=1S/C13H13N3O3S2/c1-9-11(15-13(20-9)16-5-2-3-6-16)12(17)14-10-4-7-21(18,19)8-10/h2-7,10H,8H2,1H3,(H,14,17)/t10-/m1/s1. The van der Waals surface area contributed by atoms with Gasteiger partial charge in [0.15, 0.2) is 15.0 Å². The summed E-state index contributed by atoms with van der Waals surface area (Å²) in [6.45, 7) is 1.82. The zero-order valence-electron chi connectivity index (χ0n) is 11.2. The fourth-order valence-electron chi connectivity index (χ4n) is 2.07. The van der Waals surface area contributed by atoms with Crippen LogP contribution in [0.5, 0.6) is 0 Å². The Morgan fingerprint density at radius 2 is 2.14 bits per heavy atom. The third-order valence-corrected chi connectivity index (χ3v) is 5.45. The first-order valence-corrected chi connectivity index (χ1v) is 8.80. The minimum atomic E-state index is -3.18. The molecule has 3 rings (SSSR count). The van der Waals surface area contributed by atoms with Gasteiger partial charge in [0.05, 0.1) is 11.8 Å². The molecule has 1 atom stereocenters. The Balaban J connectivity index is 1.78. The van der Waals surface area contributed by atoms with Gasteiger partial charge >= 0.3 is 0 Å². The second-order valence-corrected chi connectivity index (χ2v) is 7.84. The van der Waals surface area contributed by atoms with Crippen LogP contribution in [0.2, 0.25) is 0 Å². The molecule has 1 aliphatic heterocycles. The van der Waals surface area contributed by atoms with Gasteiger partial charge < -0.3 is 9.88 Å². The van der Waals surface area contributed by atoms with Crippen molar-refractivity contribution in [1.29, 1.82) is 0 Å². The van der Waals surface area contributed by atoms with Crippen LogP contribution in [-0.2, 0) is 9.84 Å². The number of aromatic nitrogens is 2. The van der Waals surface area contributed by atoms with Crippen molar-refractivity contribution in [2.24, 2.45) is 0 Å². The molecular formula is C13H13N3O3S2. The topological polar surface area (TPSA) is 81.1 Å². The lowest BCUT2D eigenvalue weighted by atomic mass is 10.3. The highest BCUT2D eigenvalue weighted by Crippen LogP contribution is 2.21. The number of hydrogen-bond acceptors (Lipinski definition) is 5. The summed E-state index contributed by atoms with van der Waals surface area (Å²) >= 11 is 1.41. The monoisotopic (exact) mass is 323 g/mol. The van der Waals surface area contributed by atoms with Crippen molar-refractivity contribution in [1.82, 2.24) is 14.9 Å². The number of nitrogens with zero attached hydrogens (tertiary/aromatic N) is 2. The van der Waals surface area contributed by atoms with E-state index in [1.54, 1.807) is 0 Å². The van der Waals surface area contributed by atoms with Crippen LogP contribution < -0.4 is 5.32 Å². The molecule has 1 aliphatic rings. The van der Waals surface area contributed by atoms with Crippen LogP contribution in [0.4, 0.5) is 0 Å². The summed E-state index contributed by atoms with van der Waals surface area (Å²) in [7, 11) is -3.18. The summed E-state index contributed by atoms with van der Waals surface area (Å²) in [6, 6.07) is 3.27. The predicted octanol–water partition coefficient (Wildman–Crippen LogP) is 1.28. The van der Waals surface area contributed by atoms with Gasteiger partial charge in [0.1, 0.15) is 5.69 Å². The first-order valence-electron chi connectivity index (χ1n) is 6.27. The van der Waals surface area contributed by atoms with Crippen LogP contribution in [0.25, 0.3) is 5.13 Å². The normalized spacial score (nSPS) is 19.8. The highest BCUT2D eigenvalue weighted by molar-refractivity contribution is 7.94. The van der Waals surface area contributed by atoms with E-state index in [1.165, 1.54) is 17.4 Å². The van der Waals surface area contributed by atoms with Gasteiger partial charge in [-0.05, 0) is 25.1 Å². The third kappa shape index (κ3) is 2.91. The molecule has 0 bridgehead atoms. The molecule has 1 N–H and O–H groups in total. The number of rotatable bonds is 3. The van der Waals surface area contributed by atoms with Crippen molar-refractivity contribution >= 4 is 27.1 Å². The summed E-state index contributed by atoms with van der Waals surface area (Å²) in [5.74, 6) is -0.444. The van der Waals surface area contributed by atoms with Crippen LogP contribution in [0.15, 0.2) is 36.0 Å². The van der Waals surface area contributed by atoms with Gasteiger partial charge in [-0.25, -0.2) is 13.4 Å². The van der Waals surface area contributed by atoms with E-state index in [9.17, 15) is 13.2 Å². The number of carbonyl (C=O) groups excluding carboxylic acids is 1. The Morgan fingerprint density at radius 3 is 2.76 bits per heavy atom. The maximum atomic E-state index is 12.2. The Bertz CT molecular complexity index is 804. The van der Waals surface area contributed by atoms with E-state index in [1.807, 2.05) is 36.0 Å². The number of amides is 1. The van der Waals surface area contributed by atoms with E-state index in [0.717, 1.165) is 10.3 Å². The van der Waals surface area contributed by atoms with E-state index in [4.69, 9.17) is 0 Å². The first kappa shape index (κ1) is 14.0. The maximum absolute atomic E-state index is 12.2. The average Bonchev–Trinajstić information content (AvgIpc) is 3.09. The minimum Gasteiger partial charge on any atom is -0.343 e. The Hall–Kier alpha value is -1.93. The third-order valence-electron chi connectivity index (χ3n) is 3.07. The fourth-order valence-corrected chi connectivity index (χ4v) is 4.18. The van der Waals surface area contributed by atoms with Gasteiger partial charge in [0, 0.05) is 22.7 Å². The van der Waals surface area contributed by atoms with Crippen molar-refractivity contribution in [2.45, 2.75) is 13.0 Å². The average molecular weight is 323 g/mol. The number of thiazole rings is 1. The second-order valence-electron chi connectivity index (χ2n) is 4.73. The van der Waals surface area contributed by atoms with Gasteiger partial charge in [-0.15, -0.1) is 11.3 Å². The molecule has 21 heavy (non-hydrogen) atoms. The number of aryl methyl sites for hydroxylation is 1. The Labute approximate surface area is 126 Å². The molecule has 0 radical (unpaired) electrons. The lowest BCUT2D eigenvalue weighted by Gasteiger charge is -2.08. The van der Waals surface area contributed by atoms with Gasteiger partial charge in [-0.2, -0.15) is 0 Å². The van der Waals surface area contributed by atoms with Crippen LogP contribution in [0, 0.1) is 6.92 Å². The molecule has 0 saturated heterocycles. The van der Waals surface area contributed by atoms with E-state index < -0.39 is 15.9 Å². The van der Waals surface area contributed by atoms with Crippen LogP contribution in [0.1, 0.15) is 15.4 Å². The highest BCUT2D eigenvalue weighted by atomic mass is 32.2. The molecule has 0 spiro atoms. The minimum absolute atomic E-state index is 0.0909.